The lowest BCUT2D eigenvalue weighted by Crippen LogP contribution is -2.39. The van der Waals surface area contributed by atoms with Crippen LogP contribution in [0.4, 0.5) is 0 Å². The van der Waals surface area contributed by atoms with Crippen molar-refractivity contribution in [1.82, 2.24) is 5.32 Å². The summed E-state index contributed by atoms with van der Waals surface area (Å²) >= 11 is 0. The van der Waals surface area contributed by atoms with E-state index in [0.717, 1.165) is 12.8 Å². The molecule has 0 saturated heterocycles. The number of carbonyl (C=O) groups excluding carboxylic acids is 1. The molecule has 15 heavy (non-hydrogen) atoms. The van der Waals surface area contributed by atoms with Crippen molar-refractivity contribution in [2.24, 2.45) is 11.8 Å². The predicted molar refractivity (Wildman–Crippen MR) is 63.9 cm³/mol. The molecule has 0 radical (unpaired) electrons. The number of rotatable bonds is 4. The van der Waals surface area contributed by atoms with Gasteiger partial charge in [-0.25, -0.2) is 0 Å². The molecule has 0 atom stereocenters. The molecule has 0 aromatic carbocycles. The Kier molecular flexibility index (Phi) is 4.78. The highest BCUT2D eigenvalue weighted by Crippen LogP contribution is 2.27. The Bertz CT molecular complexity index is 203. The summed E-state index contributed by atoms with van der Waals surface area (Å²) in [6.45, 7) is 8.40. The number of carbonyl (C=O) groups is 1. The fraction of sp³-hybridized carbons (Fsp3) is 0.923. The van der Waals surface area contributed by atoms with Crippen LogP contribution in [-0.2, 0) is 4.79 Å². The SMILES string of the molecule is CC(C)N[C@H]1CC[C@@H](C(=O)C(C)C)CC1. The maximum Gasteiger partial charge on any atom is 0.138 e. The van der Waals surface area contributed by atoms with Gasteiger partial charge >= 0.3 is 0 Å². The lowest BCUT2D eigenvalue weighted by Gasteiger charge is -2.30. The number of ketones is 1. The summed E-state index contributed by atoms with van der Waals surface area (Å²) in [7, 11) is 0. The van der Waals surface area contributed by atoms with Gasteiger partial charge in [-0.1, -0.05) is 27.7 Å². The van der Waals surface area contributed by atoms with Gasteiger partial charge < -0.3 is 5.32 Å². The first-order valence-corrected chi connectivity index (χ1v) is 6.30. The summed E-state index contributed by atoms with van der Waals surface area (Å²) in [4.78, 5) is 11.8. The molecule has 0 aromatic rings. The van der Waals surface area contributed by atoms with Gasteiger partial charge in [0.15, 0.2) is 0 Å². The Morgan fingerprint density at radius 2 is 1.60 bits per heavy atom. The predicted octanol–water partition coefficient (Wildman–Crippen LogP) is 2.77. The van der Waals surface area contributed by atoms with Crippen LogP contribution in [0.15, 0.2) is 0 Å². The zero-order valence-electron chi connectivity index (χ0n) is 10.5. The zero-order chi connectivity index (χ0) is 11.4. The van der Waals surface area contributed by atoms with Gasteiger partial charge in [0.05, 0.1) is 0 Å². The summed E-state index contributed by atoms with van der Waals surface area (Å²) in [6.07, 6.45) is 4.51. The molecule has 2 heteroatoms. The minimum Gasteiger partial charge on any atom is -0.312 e. The summed E-state index contributed by atoms with van der Waals surface area (Å²) in [5, 5.41) is 3.56. The topological polar surface area (TPSA) is 29.1 Å². The van der Waals surface area contributed by atoms with E-state index in [1.807, 2.05) is 13.8 Å². The highest BCUT2D eigenvalue weighted by molar-refractivity contribution is 5.82. The summed E-state index contributed by atoms with van der Waals surface area (Å²) in [5.74, 6) is 1.03. The number of hydrogen-bond acceptors (Lipinski definition) is 2. The number of hydrogen-bond donors (Lipinski definition) is 1. The molecule has 0 bridgehead atoms. The minimum atomic E-state index is 0.213. The first-order chi connectivity index (χ1) is 7.00. The van der Waals surface area contributed by atoms with Crippen LogP contribution in [0.3, 0.4) is 0 Å². The molecule has 1 N–H and O–H groups in total. The van der Waals surface area contributed by atoms with Gasteiger partial charge in [-0.15, -0.1) is 0 Å². The van der Waals surface area contributed by atoms with Crippen LogP contribution in [0.2, 0.25) is 0 Å². The van der Waals surface area contributed by atoms with E-state index in [-0.39, 0.29) is 5.92 Å². The second kappa shape index (κ2) is 5.64. The molecule has 1 aliphatic rings. The van der Waals surface area contributed by atoms with Crippen LogP contribution in [0.25, 0.3) is 0 Å². The Morgan fingerprint density at radius 1 is 1.07 bits per heavy atom. The van der Waals surface area contributed by atoms with E-state index < -0.39 is 0 Å². The molecule has 2 nitrogen and oxygen atoms in total. The minimum absolute atomic E-state index is 0.213. The van der Waals surface area contributed by atoms with Crippen LogP contribution >= 0.6 is 0 Å². The third-order valence-electron chi connectivity index (χ3n) is 3.27. The van der Waals surface area contributed by atoms with Gasteiger partial charge in [0.25, 0.3) is 0 Å². The van der Waals surface area contributed by atoms with Gasteiger partial charge in [-0.2, -0.15) is 0 Å². The monoisotopic (exact) mass is 211 g/mol. The largest absolute Gasteiger partial charge is 0.312 e. The third-order valence-corrected chi connectivity index (χ3v) is 3.27. The Labute approximate surface area is 93.8 Å². The van der Waals surface area contributed by atoms with E-state index in [0.29, 0.717) is 23.8 Å². The molecule has 0 spiro atoms. The van der Waals surface area contributed by atoms with Crippen molar-refractivity contribution in [1.29, 1.82) is 0 Å². The molecule has 0 aromatic heterocycles. The van der Waals surface area contributed by atoms with Crippen LogP contribution in [0, 0.1) is 11.8 Å². The summed E-state index contributed by atoms with van der Waals surface area (Å²) < 4.78 is 0. The molecule has 1 fully saturated rings. The van der Waals surface area contributed by atoms with Crippen molar-refractivity contribution in [2.45, 2.75) is 65.5 Å². The molecule has 0 unspecified atom stereocenters. The van der Waals surface area contributed by atoms with Crippen LogP contribution < -0.4 is 5.32 Å². The smallest absolute Gasteiger partial charge is 0.138 e. The van der Waals surface area contributed by atoms with Crippen molar-refractivity contribution in [3.05, 3.63) is 0 Å². The Hall–Kier alpha value is -0.370. The summed E-state index contributed by atoms with van der Waals surface area (Å²) in [5.41, 5.74) is 0. The van der Waals surface area contributed by atoms with Crippen molar-refractivity contribution < 1.29 is 4.79 Å². The van der Waals surface area contributed by atoms with E-state index in [9.17, 15) is 4.79 Å². The lowest BCUT2D eigenvalue weighted by molar-refractivity contribution is -0.126. The van der Waals surface area contributed by atoms with Crippen LogP contribution in [-0.4, -0.2) is 17.9 Å². The molecule has 0 heterocycles. The van der Waals surface area contributed by atoms with E-state index in [4.69, 9.17) is 0 Å². The van der Waals surface area contributed by atoms with Gasteiger partial charge in [0, 0.05) is 23.9 Å². The normalized spacial score (nSPS) is 27.3. The first kappa shape index (κ1) is 12.7. The first-order valence-electron chi connectivity index (χ1n) is 6.30. The molecular weight excluding hydrogens is 186 g/mol. The maximum atomic E-state index is 11.8. The molecule has 1 saturated carbocycles. The zero-order valence-corrected chi connectivity index (χ0v) is 10.5. The van der Waals surface area contributed by atoms with Crippen molar-refractivity contribution in [3.63, 3.8) is 0 Å². The molecule has 1 aliphatic carbocycles. The number of Topliss-reactive ketones (excluding diaryl/α,β-unsaturated/α-hetero) is 1. The van der Waals surface area contributed by atoms with Crippen LogP contribution in [0.1, 0.15) is 53.4 Å². The van der Waals surface area contributed by atoms with Crippen molar-refractivity contribution in [2.75, 3.05) is 0 Å². The Balaban J connectivity index is 2.32. The quantitative estimate of drug-likeness (QED) is 0.774. The average molecular weight is 211 g/mol. The highest BCUT2D eigenvalue weighted by Gasteiger charge is 2.27. The van der Waals surface area contributed by atoms with E-state index in [1.54, 1.807) is 0 Å². The van der Waals surface area contributed by atoms with Gasteiger partial charge in [0.1, 0.15) is 5.78 Å². The molecule has 0 amide bonds. The fourth-order valence-electron chi connectivity index (χ4n) is 2.49. The van der Waals surface area contributed by atoms with E-state index >= 15 is 0 Å². The number of nitrogens with one attached hydrogen (secondary N) is 1. The van der Waals surface area contributed by atoms with Crippen molar-refractivity contribution >= 4 is 5.78 Å². The van der Waals surface area contributed by atoms with Gasteiger partial charge in [0.2, 0.25) is 0 Å². The highest BCUT2D eigenvalue weighted by atomic mass is 16.1. The molecule has 88 valence electrons. The maximum absolute atomic E-state index is 11.8. The van der Waals surface area contributed by atoms with Gasteiger partial charge in [-0.3, -0.25) is 4.79 Å². The van der Waals surface area contributed by atoms with E-state index in [1.165, 1.54) is 12.8 Å². The lowest BCUT2D eigenvalue weighted by atomic mass is 9.80. The summed E-state index contributed by atoms with van der Waals surface area (Å²) in [6, 6.07) is 1.20. The average Bonchev–Trinajstić information content (AvgIpc) is 2.17. The molecular formula is C13H25NO. The van der Waals surface area contributed by atoms with Crippen molar-refractivity contribution in [3.8, 4) is 0 Å². The van der Waals surface area contributed by atoms with Gasteiger partial charge in [-0.05, 0) is 25.7 Å². The third kappa shape index (κ3) is 3.94. The Morgan fingerprint density at radius 3 is 2.00 bits per heavy atom. The fourth-order valence-corrected chi connectivity index (χ4v) is 2.49. The second-order valence-corrected chi connectivity index (χ2v) is 5.43. The second-order valence-electron chi connectivity index (χ2n) is 5.43. The van der Waals surface area contributed by atoms with E-state index in [2.05, 4.69) is 19.2 Å². The molecule has 1 rings (SSSR count). The standard InChI is InChI=1S/C13H25NO/c1-9(2)13(15)11-5-7-12(8-6-11)14-10(3)4/h9-12,14H,5-8H2,1-4H3/t11-,12+. The molecule has 0 aliphatic heterocycles. The van der Waals surface area contributed by atoms with Crippen LogP contribution in [0.5, 0.6) is 0 Å².